The van der Waals surface area contributed by atoms with Crippen molar-refractivity contribution in [2.45, 2.75) is 25.9 Å². The van der Waals surface area contributed by atoms with Gasteiger partial charge in [-0.15, -0.1) is 11.3 Å². The van der Waals surface area contributed by atoms with Crippen molar-refractivity contribution >= 4 is 23.3 Å². The van der Waals surface area contributed by atoms with Crippen molar-refractivity contribution in [3.63, 3.8) is 0 Å². The predicted octanol–water partition coefficient (Wildman–Crippen LogP) is 1.98. The van der Waals surface area contributed by atoms with E-state index in [2.05, 4.69) is 22.2 Å². The van der Waals surface area contributed by atoms with Gasteiger partial charge < -0.3 is 11.1 Å². The van der Waals surface area contributed by atoms with E-state index >= 15 is 0 Å². The quantitative estimate of drug-likeness (QED) is 0.630. The molecule has 5 N–H and O–H groups in total. The van der Waals surface area contributed by atoms with E-state index in [4.69, 9.17) is 5.73 Å². The fraction of sp³-hybridized carbons (Fsp3) is 0.250. The van der Waals surface area contributed by atoms with Crippen LogP contribution in [0.4, 0.5) is 4.79 Å². The SMILES string of the molecule is CC[C@H](N)C(=O)NNC(=O)NCc1ccc(-c2cccs2)cc1. The van der Waals surface area contributed by atoms with E-state index < -0.39 is 18.0 Å². The molecule has 0 aliphatic carbocycles. The van der Waals surface area contributed by atoms with E-state index in [1.54, 1.807) is 18.3 Å². The summed E-state index contributed by atoms with van der Waals surface area (Å²) in [5.41, 5.74) is 12.2. The Balaban J connectivity index is 1.77. The Bertz CT molecular complexity index is 641. The molecule has 6 nitrogen and oxygen atoms in total. The zero-order chi connectivity index (χ0) is 16.7. The lowest BCUT2D eigenvalue weighted by Gasteiger charge is -2.12. The molecule has 0 radical (unpaired) electrons. The molecule has 2 rings (SSSR count). The van der Waals surface area contributed by atoms with Gasteiger partial charge in [-0.3, -0.25) is 10.2 Å². The monoisotopic (exact) mass is 332 g/mol. The van der Waals surface area contributed by atoms with E-state index in [9.17, 15) is 9.59 Å². The highest BCUT2D eigenvalue weighted by Gasteiger charge is 2.11. The standard InChI is InChI=1S/C16H20N4O2S/c1-2-13(17)15(21)19-20-16(22)18-10-11-5-7-12(8-6-11)14-4-3-9-23-14/h3-9,13H,2,10,17H2,1H3,(H,19,21)(H2,18,20,22)/t13-/m0/s1. The van der Waals surface area contributed by atoms with Crippen LogP contribution in [0.5, 0.6) is 0 Å². The van der Waals surface area contributed by atoms with E-state index in [1.165, 1.54) is 4.88 Å². The summed E-state index contributed by atoms with van der Waals surface area (Å²) in [5, 5.41) is 4.70. The smallest absolute Gasteiger partial charge is 0.333 e. The molecule has 0 saturated carbocycles. The molecule has 0 unspecified atom stereocenters. The maximum absolute atomic E-state index is 11.6. The summed E-state index contributed by atoms with van der Waals surface area (Å²) < 4.78 is 0. The van der Waals surface area contributed by atoms with Crippen LogP contribution in [0.3, 0.4) is 0 Å². The van der Waals surface area contributed by atoms with Gasteiger partial charge in [-0.25, -0.2) is 10.2 Å². The Hall–Kier alpha value is -2.38. The number of carbonyl (C=O) groups is 2. The topological polar surface area (TPSA) is 96.2 Å². The van der Waals surface area contributed by atoms with Gasteiger partial charge in [0.05, 0.1) is 6.04 Å². The molecule has 1 atom stereocenters. The van der Waals surface area contributed by atoms with Gasteiger partial charge in [0.25, 0.3) is 5.91 Å². The molecular weight excluding hydrogens is 312 g/mol. The highest BCUT2D eigenvalue weighted by Crippen LogP contribution is 2.24. The molecule has 122 valence electrons. The lowest BCUT2D eigenvalue weighted by atomic mass is 10.1. The average molecular weight is 332 g/mol. The Morgan fingerprint density at radius 3 is 2.52 bits per heavy atom. The van der Waals surface area contributed by atoms with Crippen molar-refractivity contribution < 1.29 is 9.59 Å². The van der Waals surface area contributed by atoms with Crippen LogP contribution in [-0.4, -0.2) is 18.0 Å². The van der Waals surface area contributed by atoms with Gasteiger partial charge in [-0.05, 0) is 29.0 Å². The first-order chi connectivity index (χ1) is 11.1. The highest BCUT2D eigenvalue weighted by atomic mass is 32.1. The molecule has 1 heterocycles. The summed E-state index contributed by atoms with van der Waals surface area (Å²) in [5.74, 6) is -0.414. The predicted molar refractivity (Wildman–Crippen MR) is 91.5 cm³/mol. The number of nitrogens with one attached hydrogen (secondary N) is 3. The summed E-state index contributed by atoms with van der Waals surface area (Å²) >= 11 is 1.68. The Morgan fingerprint density at radius 1 is 1.17 bits per heavy atom. The van der Waals surface area contributed by atoms with Crippen molar-refractivity contribution in [2.24, 2.45) is 5.73 Å². The van der Waals surface area contributed by atoms with Crippen LogP contribution >= 0.6 is 11.3 Å². The van der Waals surface area contributed by atoms with Gasteiger partial charge >= 0.3 is 6.03 Å². The minimum Gasteiger partial charge on any atom is -0.333 e. The van der Waals surface area contributed by atoms with Crippen LogP contribution in [0.1, 0.15) is 18.9 Å². The minimum absolute atomic E-state index is 0.367. The number of hydrogen-bond donors (Lipinski definition) is 4. The van der Waals surface area contributed by atoms with Gasteiger partial charge in [0.15, 0.2) is 0 Å². The zero-order valence-corrected chi connectivity index (χ0v) is 13.7. The number of benzene rings is 1. The number of hydrazine groups is 1. The molecule has 0 bridgehead atoms. The van der Waals surface area contributed by atoms with Crippen molar-refractivity contribution in [2.75, 3.05) is 0 Å². The summed E-state index contributed by atoms with van der Waals surface area (Å²) in [4.78, 5) is 24.2. The number of rotatable bonds is 5. The average Bonchev–Trinajstić information content (AvgIpc) is 3.12. The van der Waals surface area contributed by atoms with Crippen molar-refractivity contribution in [3.05, 3.63) is 47.3 Å². The largest absolute Gasteiger partial charge is 0.333 e. The molecule has 0 aliphatic heterocycles. The fourth-order valence-electron chi connectivity index (χ4n) is 1.85. The third-order valence-corrected chi connectivity index (χ3v) is 4.21. The first kappa shape index (κ1) is 17.0. The second kappa shape index (κ2) is 8.30. The van der Waals surface area contributed by atoms with Crippen LogP contribution in [0.25, 0.3) is 10.4 Å². The number of thiophene rings is 1. The van der Waals surface area contributed by atoms with Crippen LogP contribution in [-0.2, 0) is 11.3 Å². The first-order valence-electron chi connectivity index (χ1n) is 7.32. The van der Waals surface area contributed by atoms with Crippen LogP contribution in [0.15, 0.2) is 41.8 Å². The highest BCUT2D eigenvalue weighted by molar-refractivity contribution is 7.13. The molecule has 7 heteroatoms. The summed E-state index contributed by atoms with van der Waals surface area (Å²) in [6.45, 7) is 2.16. The fourth-order valence-corrected chi connectivity index (χ4v) is 2.59. The molecular formula is C16H20N4O2S. The van der Waals surface area contributed by atoms with Crippen molar-refractivity contribution in [3.8, 4) is 10.4 Å². The van der Waals surface area contributed by atoms with Gasteiger partial charge in [0, 0.05) is 11.4 Å². The zero-order valence-electron chi connectivity index (χ0n) is 12.8. The van der Waals surface area contributed by atoms with Crippen LogP contribution in [0, 0.1) is 0 Å². The van der Waals surface area contributed by atoms with Crippen molar-refractivity contribution in [1.82, 2.24) is 16.2 Å². The third kappa shape index (κ3) is 5.08. The molecule has 0 saturated heterocycles. The minimum atomic E-state index is -0.625. The molecule has 1 aromatic carbocycles. The molecule has 1 aromatic heterocycles. The Kier molecular flexibility index (Phi) is 6.13. The molecule has 2 aromatic rings. The van der Waals surface area contributed by atoms with Crippen LogP contribution in [0.2, 0.25) is 0 Å². The summed E-state index contributed by atoms with van der Waals surface area (Å²) in [7, 11) is 0. The number of urea groups is 1. The lowest BCUT2D eigenvalue weighted by molar-refractivity contribution is -0.123. The number of amides is 3. The lowest BCUT2D eigenvalue weighted by Crippen LogP contribution is -2.51. The number of carbonyl (C=O) groups excluding carboxylic acids is 2. The van der Waals surface area contributed by atoms with Crippen molar-refractivity contribution in [1.29, 1.82) is 0 Å². The Labute approximate surface area is 139 Å². The van der Waals surface area contributed by atoms with Gasteiger partial charge in [0.1, 0.15) is 0 Å². The van der Waals surface area contributed by atoms with E-state index in [0.717, 1.165) is 11.1 Å². The molecule has 0 aliphatic rings. The maximum atomic E-state index is 11.6. The molecule has 23 heavy (non-hydrogen) atoms. The van der Waals surface area contributed by atoms with Gasteiger partial charge in [-0.1, -0.05) is 37.3 Å². The third-order valence-electron chi connectivity index (χ3n) is 3.29. The number of nitrogens with two attached hydrogens (primary N) is 1. The van der Waals surface area contributed by atoms with E-state index in [0.29, 0.717) is 13.0 Å². The second-order valence-electron chi connectivity index (χ2n) is 4.99. The van der Waals surface area contributed by atoms with Crippen LogP contribution < -0.4 is 21.9 Å². The maximum Gasteiger partial charge on any atom is 0.333 e. The van der Waals surface area contributed by atoms with Gasteiger partial charge in [0.2, 0.25) is 0 Å². The van der Waals surface area contributed by atoms with Gasteiger partial charge in [-0.2, -0.15) is 0 Å². The molecule has 3 amide bonds. The number of hydrogen-bond acceptors (Lipinski definition) is 4. The Morgan fingerprint density at radius 2 is 1.91 bits per heavy atom. The summed E-state index contributed by atoms with van der Waals surface area (Å²) in [6.07, 6.45) is 0.506. The summed E-state index contributed by atoms with van der Waals surface area (Å²) in [6, 6.07) is 10.9. The second-order valence-corrected chi connectivity index (χ2v) is 5.93. The molecule has 0 spiro atoms. The normalized spacial score (nSPS) is 11.6. The van der Waals surface area contributed by atoms with E-state index in [1.807, 2.05) is 35.7 Å². The van der Waals surface area contributed by atoms with E-state index in [-0.39, 0.29) is 0 Å². The molecule has 0 fully saturated rings. The first-order valence-corrected chi connectivity index (χ1v) is 8.20.